The molecule has 0 amide bonds. The van der Waals surface area contributed by atoms with Crippen molar-refractivity contribution in [2.75, 3.05) is 0 Å². The molecule has 3 nitrogen and oxygen atoms in total. The molecule has 0 saturated heterocycles. The van der Waals surface area contributed by atoms with Gasteiger partial charge in [-0.2, -0.15) is 0 Å². The molecular weight excluding hydrogens is 352 g/mol. The number of halogens is 3. The number of pyridine rings is 1. The summed E-state index contributed by atoms with van der Waals surface area (Å²) >= 11 is 12.1. The number of ether oxygens (including phenoxy) is 1. The quantitative estimate of drug-likeness (QED) is 0.696. The third kappa shape index (κ3) is 2.96. The highest BCUT2D eigenvalue weighted by atomic mass is 35.5. The third-order valence-electron chi connectivity index (χ3n) is 3.50. The first-order chi connectivity index (χ1) is 11.5. The van der Waals surface area contributed by atoms with Crippen LogP contribution >= 0.6 is 23.2 Å². The summed E-state index contributed by atoms with van der Waals surface area (Å²) in [5.74, 6) is 1.96. The second-order valence-corrected chi connectivity index (χ2v) is 5.78. The first-order valence-corrected chi connectivity index (χ1v) is 7.64. The van der Waals surface area contributed by atoms with Crippen molar-refractivity contribution in [3.05, 3.63) is 73.7 Å². The summed E-state index contributed by atoms with van der Waals surface area (Å²) in [6.07, 6.45) is 5.37. The zero-order valence-corrected chi connectivity index (χ0v) is 13.7. The Bertz CT molecular complexity index is 1040. The maximum Gasteiger partial charge on any atom is 0.267 e. The summed E-state index contributed by atoms with van der Waals surface area (Å²) in [4.78, 5) is 14.6. The lowest BCUT2D eigenvalue weighted by Gasteiger charge is -2.11. The predicted octanol–water partition coefficient (Wildman–Crippen LogP) is 4.53. The Morgan fingerprint density at radius 2 is 2.00 bits per heavy atom. The van der Waals surface area contributed by atoms with Gasteiger partial charge in [0, 0.05) is 16.3 Å². The van der Waals surface area contributed by atoms with Gasteiger partial charge in [0.25, 0.3) is 5.56 Å². The van der Waals surface area contributed by atoms with Gasteiger partial charge in [-0.3, -0.25) is 9.78 Å². The zero-order valence-electron chi connectivity index (χ0n) is 12.2. The summed E-state index contributed by atoms with van der Waals surface area (Å²) in [5, 5.41) is 1.57. The highest BCUT2D eigenvalue weighted by Crippen LogP contribution is 2.29. The van der Waals surface area contributed by atoms with Gasteiger partial charge in [0.1, 0.15) is 12.4 Å². The smallest absolute Gasteiger partial charge is 0.267 e. The first kappa shape index (κ1) is 16.4. The number of rotatable bonds is 3. The van der Waals surface area contributed by atoms with Crippen molar-refractivity contribution in [1.29, 1.82) is 0 Å². The lowest BCUT2D eigenvalue weighted by Crippen LogP contribution is -2.13. The topological polar surface area (TPSA) is 42.1 Å². The molecule has 0 aliphatic heterocycles. The lowest BCUT2D eigenvalue weighted by atomic mass is 10.1. The van der Waals surface area contributed by atoms with Crippen molar-refractivity contribution < 1.29 is 9.13 Å². The van der Waals surface area contributed by atoms with E-state index in [0.29, 0.717) is 26.4 Å². The van der Waals surface area contributed by atoms with Crippen LogP contribution in [-0.2, 0) is 6.61 Å². The Morgan fingerprint density at radius 3 is 2.75 bits per heavy atom. The second kappa shape index (κ2) is 6.56. The Hall–Kier alpha value is -2.48. The van der Waals surface area contributed by atoms with Gasteiger partial charge in [0.15, 0.2) is 0 Å². The van der Waals surface area contributed by atoms with Crippen LogP contribution in [0.5, 0.6) is 5.88 Å². The largest absolute Gasteiger partial charge is 0.474 e. The number of benzene rings is 2. The van der Waals surface area contributed by atoms with Crippen LogP contribution in [0.4, 0.5) is 4.39 Å². The van der Waals surface area contributed by atoms with Crippen LogP contribution < -0.4 is 10.3 Å². The Morgan fingerprint density at radius 1 is 1.21 bits per heavy atom. The number of fused-ring (bicyclic) bond motifs is 1. The van der Waals surface area contributed by atoms with E-state index in [9.17, 15) is 9.18 Å². The molecule has 120 valence electrons. The molecule has 1 N–H and O–H groups in total. The van der Waals surface area contributed by atoms with Crippen LogP contribution in [0.15, 0.2) is 41.2 Å². The molecule has 0 unspecified atom stereocenters. The van der Waals surface area contributed by atoms with Crippen LogP contribution in [-0.4, -0.2) is 4.98 Å². The molecule has 3 aromatic rings. The van der Waals surface area contributed by atoms with Crippen molar-refractivity contribution in [2.24, 2.45) is 0 Å². The first-order valence-electron chi connectivity index (χ1n) is 6.89. The molecule has 0 aliphatic rings. The summed E-state index contributed by atoms with van der Waals surface area (Å²) in [5.41, 5.74) is 0.275. The number of aromatic amines is 1. The zero-order chi connectivity index (χ0) is 17.3. The molecule has 0 aliphatic carbocycles. The number of hydrogen-bond acceptors (Lipinski definition) is 2. The van der Waals surface area contributed by atoms with Crippen LogP contribution in [0.2, 0.25) is 10.0 Å². The summed E-state index contributed by atoms with van der Waals surface area (Å²) in [6.45, 7) is 0.0519. The molecule has 3 rings (SSSR count). The fraction of sp³-hybridized carbons (Fsp3) is 0.0556. The minimum absolute atomic E-state index is 0.0519. The number of aromatic nitrogens is 1. The number of H-pyrrole nitrogens is 1. The SMILES string of the molecule is C#Cc1c(=O)[nH]c(OCc2cccc(Cl)c2Cl)c2cc(F)ccc12. The van der Waals surface area contributed by atoms with E-state index >= 15 is 0 Å². The van der Waals surface area contributed by atoms with Crippen LogP contribution in [0.25, 0.3) is 10.8 Å². The van der Waals surface area contributed by atoms with Crippen molar-refractivity contribution >= 4 is 34.0 Å². The molecule has 1 heterocycles. The minimum Gasteiger partial charge on any atom is -0.474 e. The van der Waals surface area contributed by atoms with Gasteiger partial charge < -0.3 is 4.74 Å². The van der Waals surface area contributed by atoms with E-state index in [0.717, 1.165) is 0 Å². The fourth-order valence-electron chi connectivity index (χ4n) is 2.34. The van der Waals surface area contributed by atoms with Gasteiger partial charge in [-0.1, -0.05) is 41.3 Å². The Labute approximate surface area is 147 Å². The van der Waals surface area contributed by atoms with E-state index in [-0.39, 0.29) is 18.1 Å². The molecule has 0 saturated carbocycles. The minimum atomic E-state index is -0.483. The van der Waals surface area contributed by atoms with E-state index in [1.807, 2.05) is 0 Å². The maximum atomic E-state index is 13.6. The monoisotopic (exact) mass is 361 g/mol. The average molecular weight is 362 g/mol. The Kier molecular flexibility index (Phi) is 4.48. The number of hydrogen-bond donors (Lipinski definition) is 1. The van der Waals surface area contributed by atoms with E-state index in [2.05, 4.69) is 10.9 Å². The van der Waals surface area contributed by atoms with Crippen molar-refractivity contribution in [2.45, 2.75) is 6.61 Å². The van der Waals surface area contributed by atoms with Gasteiger partial charge in [0.05, 0.1) is 15.6 Å². The molecule has 0 radical (unpaired) electrons. The lowest BCUT2D eigenvalue weighted by molar-refractivity contribution is 0.297. The van der Waals surface area contributed by atoms with E-state index < -0.39 is 11.4 Å². The molecule has 24 heavy (non-hydrogen) atoms. The molecule has 0 fully saturated rings. The van der Waals surface area contributed by atoms with Gasteiger partial charge in [-0.25, -0.2) is 4.39 Å². The van der Waals surface area contributed by atoms with Gasteiger partial charge in [-0.15, -0.1) is 6.42 Å². The van der Waals surface area contributed by atoms with Crippen molar-refractivity contribution in [3.63, 3.8) is 0 Å². The molecule has 6 heteroatoms. The second-order valence-electron chi connectivity index (χ2n) is 4.99. The highest BCUT2D eigenvalue weighted by molar-refractivity contribution is 6.42. The third-order valence-corrected chi connectivity index (χ3v) is 4.36. The normalized spacial score (nSPS) is 10.6. The predicted molar refractivity (Wildman–Crippen MR) is 93.3 cm³/mol. The molecule has 0 bridgehead atoms. The maximum absolute atomic E-state index is 13.6. The van der Waals surface area contributed by atoms with E-state index in [1.165, 1.54) is 18.2 Å². The standard InChI is InChI=1S/C18H10Cl2FNO2/c1-2-12-13-7-6-11(21)8-14(13)18(22-17(12)23)24-9-10-4-3-5-15(19)16(10)20/h1,3-8H,9H2,(H,22,23). The average Bonchev–Trinajstić information content (AvgIpc) is 2.56. The fourth-order valence-corrected chi connectivity index (χ4v) is 2.72. The van der Waals surface area contributed by atoms with Gasteiger partial charge in [0.2, 0.25) is 5.88 Å². The highest BCUT2D eigenvalue weighted by Gasteiger charge is 2.13. The molecule has 2 aromatic carbocycles. The van der Waals surface area contributed by atoms with Gasteiger partial charge in [-0.05, 0) is 24.3 Å². The van der Waals surface area contributed by atoms with Crippen LogP contribution in [0.1, 0.15) is 11.1 Å². The van der Waals surface area contributed by atoms with Gasteiger partial charge >= 0.3 is 0 Å². The summed E-state index contributed by atoms with van der Waals surface area (Å²) in [6, 6.07) is 9.07. The Balaban J connectivity index is 2.07. The van der Waals surface area contributed by atoms with E-state index in [1.54, 1.807) is 18.2 Å². The van der Waals surface area contributed by atoms with Crippen LogP contribution in [0, 0.1) is 18.2 Å². The summed E-state index contributed by atoms with van der Waals surface area (Å²) < 4.78 is 19.2. The molecule has 0 atom stereocenters. The van der Waals surface area contributed by atoms with Crippen molar-refractivity contribution in [3.8, 4) is 18.2 Å². The summed E-state index contributed by atoms with van der Waals surface area (Å²) in [7, 11) is 0. The molecular formula is C18H10Cl2FNO2. The molecule has 1 aromatic heterocycles. The molecule has 0 spiro atoms. The van der Waals surface area contributed by atoms with Crippen LogP contribution in [0.3, 0.4) is 0 Å². The van der Waals surface area contributed by atoms with Crippen molar-refractivity contribution in [1.82, 2.24) is 4.98 Å². The van der Waals surface area contributed by atoms with E-state index in [4.69, 9.17) is 34.4 Å². The number of terminal acetylenes is 1. The number of nitrogens with one attached hydrogen (secondary N) is 1.